The predicted octanol–water partition coefficient (Wildman–Crippen LogP) is 1.19. The molecule has 104 valence electrons. The Morgan fingerprint density at radius 2 is 2.05 bits per heavy atom. The molecule has 0 amide bonds. The van der Waals surface area contributed by atoms with E-state index in [-0.39, 0.29) is 16.7 Å². The van der Waals surface area contributed by atoms with Gasteiger partial charge in [0.05, 0.1) is 28.7 Å². The minimum atomic E-state index is -0.284. The standard InChI is InChI=1S/C15H15ClN2O2/c1-4-20-13-8-6-5-7-12(13)18-14(9-16)17-11(3)10(2)15(18)19/h5-8H,2-4,9H2,1H3. The van der Waals surface area contributed by atoms with Crippen molar-refractivity contribution in [2.75, 3.05) is 6.61 Å². The Morgan fingerprint density at radius 1 is 1.35 bits per heavy atom. The van der Waals surface area contributed by atoms with Crippen molar-refractivity contribution in [3.05, 3.63) is 51.0 Å². The van der Waals surface area contributed by atoms with Gasteiger partial charge in [0.25, 0.3) is 5.56 Å². The maximum Gasteiger partial charge on any atom is 0.265 e. The Hall–Kier alpha value is -2.07. The number of alkyl halides is 1. The normalized spacial score (nSPS) is 10.5. The summed E-state index contributed by atoms with van der Waals surface area (Å²) < 4.78 is 6.97. The summed E-state index contributed by atoms with van der Waals surface area (Å²) in [5, 5.41) is 0.598. The molecule has 0 saturated carbocycles. The summed E-state index contributed by atoms with van der Waals surface area (Å²) in [5.74, 6) is 1.11. The van der Waals surface area contributed by atoms with Gasteiger partial charge in [0.15, 0.2) is 0 Å². The van der Waals surface area contributed by atoms with Gasteiger partial charge in [0.1, 0.15) is 11.6 Å². The van der Waals surface area contributed by atoms with Crippen LogP contribution in [-0.4, -0.2) is 16.2 Å². The lowest BCUT2D eigenvalue weighted by molar-refractivity contribution is 0.338. The van der Waals surface area contributed by atoms with Crippen molar-refractivity contribution < 1.29 is 4.74 Å². The van der Waals surface area contributed by atoms with Gasteiger partial charge in [-0.2, -0.15) is 0 Å². The molecule has 2 aromatic rings. The molecule has 0 saturated heterocycles. The van der Waals surface area contributed by atoms with E-state index in [1.165, 1.54) is 4.57 Å². The predicted molar refractivity (Wildman–Crippen MR) is 80.9 cm³/mol. The van der Waals surface area contributed by atoms with Gasteiger partial charge < -0.3 is 4.74 Å². The van der Waals surface area contributed by atoms with Crippen molar-refractivity contribution in [3.63, 3.8) is 0 Å². The van der Waals surface area contributed by atoms with Crippen molar-refractivity contribution in [2.24, 2.45) is 0 Å². The lowest BCUT2D eigenvalue weighted by atomic mass is 10.2. The van der Waals surface area contributed by atoms with Crippen molar-refractivity contribution in [1.29, 1.82) is 0 Å². The number of aromatic nitrogens is 2. The highest BCUT2D eigenvalue weighted by Crippen LogP contribution is 2.21. The topological polar surface area (TPSA) is 44.1 Å². The molecule has 1 aromatic heterocycles. The second-order valence-electron chi connectivity index (χ2n) is 4.13. The van der Waals surface area contributed by atoms with Crippen LogP contribution in [0.15, 0.2) is 29.1 Å². The molecule has 20 heavy (non-hydrogen) atoms. The van der Waals surface area contributed by atoms with E-state index in [0.717, 1.165) is 0 Å². The van der Waals surface area contributed by atoms with Gasteiger partial charge in [-0.3, -0.25) is 9.36 Å². The molecule has 0 fully saturated rings. The molecule has 0 spiro atoms. The van der Waals surface area contributed by atoms with E-state index >= 15 is 0 Å². The van der Waals surface area contributed by atoms with Crippen LogP contribution in [0.25, 0.3) is 18.8 Å². The fourth-order valence-electron chi connectivity index (χ4n) is 1.91. The molecular weight excluding hydrogens is 276 g/mol. The number of rotatable bonds is 4. The summed E-state index contributed by atoms with van der Waals surface area (Å²) in [7, 11) is 0. The van der Waals surface area contributed by atoms with Gasteiger partial charge in [-0.15, -0.1) is 11.6 Å². The van der Waals surface area contributed by atoms with E-state index in [0.29, 0.717) is 29.2 Å². The summed E-state index contributed by atoms with van der Waals surface area (Å²) in [6.07, 6.45) is 0. The summed E-state index contributed by atoms with van der Waals surface area (Å²) in [6, 6.07) is 7.24. The molecule has 0 bridgehead atoms. The van der Waals surface area contributed by atoms with Gasteiger partial charge >= 0.3 is 0 Å². The van der Waals surface area contributed by atoms with Crippen LogP contribution < -0.4 is 20.9 Å². The van der Waals surface area contributed by atoms with Crippen molar-refractivity contribution in [1.82, 2.24) is 9.55 Å². The number of hydrogen-bond acceptors (Lipinski definition) is 3. The highest BCUT2D eigenvalue weighted by atomic mass is 35.5. The largest absolute Gasteiger partial charge is 0.492 e. The molecule has 5 heteroatoms. The van der Waals surface area contributed by atoms with Gasteiger partial charge in [-0.1, -0.05) is 25.3 Å². The van der Waals surface area contributed by atoms with Crippen molar-refractivity contribution in [2.45, 2.75) is 12.8 Å². The third-order valence-corrected chi connectivity index (χ3v) is 3.10. The van der Waals surface area contributed by atoms with Crippen molar-refractivity contribution >= 4 is 24.8 Å². The van der Waals surface area contributed by atoms with E-state index in [1.54, 1.807) is 12.1 Å². The maximum atomic E-state index is 12.4. The number of nitrogens with zero attached hydrogens (tertiary/aromatic N) is 2. The Kier molecular flexibility index (Phi) is 4.25. The molecular formula is C15H15ClN2O2. The van der Waals surface area contributed by atoms with E-state index in [9.17, 15) is 4.79 Å². The fraction of sp³-hybridized carbons (Fsp3) is 0.200. The van der Waals surface area contributed by atoms with Crippen molar-refractivity contribution in [3.8, 4) is 11.4 Å². The number of para-hydroxylation sites is 2. The van der Waals surface area contributed by atoms with Gasteiger partial charge in [0.2, 0.25) is 0 Å². The molecule has 1 aromatic carbocycles. The quantitative estimate of drug-likeness (QED) is 0.795. The van der Waals surface area contributed by atoms with E-state index in [4.69, 9.17) is 16.3 Å². The average Bonchev–Trinajstić information content (AvgIpc) is 2.46. The first-order valence-electron chi connectivity index (χ1n) is 6.18. The molecule has 1 heterocycles. The summed E-state index contributed by atoms with van der Waals surface area (Å²) in [5.41, 5.74) is 0.320. The monoisotopic (exact) mass is 290 g/mol. The molecule has 4 nitrogen and oxygen atoms in total. The minimum absolute atomic E-state index is 0.0957. The van der Waals surface area contributed by atoms with Crippen LogP contribution in [0.2, 0.25) is 0 Å². The lowest BCUT2D eigenvalue weighted by Crippen LogP contribution is -2.46. The van der Waals surface area contributed by atoms with Gasteiger partial charge in [-0.25, -0.2) is 4.98 Å². The Labute approximate surface area is 121 Å². The third kappa shape index (κ3) is 2.47. The molecule has 2 rings (SSSR count). The van der Waals surface area contributed by atoms with Crippen LogP contribution >= 0.6 is 11.6 Å². The molecule has 0 aliphatic rings. The zero-order chi connectivity index (χ0) is 14.7. The first kappa shape index (κ1) is 14.3. The van der Waals surface area contributed by atoms with E-state index in [2.05, 4.69) is 18.1 Å². The molecule has 0 atom stereocenters. The fourth-order valence-corrected chi connectivity index (χ4v) is 2.09. The zero-order valence-electron chi connectivity index (χ0n) is 11.2. The third-order valence-electron chi connectivity index (χ3n) is 2.86. The maximum absolute atomic E-state index is 12.4. The molecule has 0 unspecified atom stereocenters. The van der Waals surface area contributed by atoms with Crippen LogP contribution in [-0.2, 0) is 5.88 Å². The smallest absolute Gasteiger partial charge is 0.265 e. The first-order chi connectivity index (χ1) is 9.60. The summed E-state index contributed by atoms with van der Waals surface area (Å²) in [6.45, 7) is 9.80. The van der Waals surface area contributed by atoms with Crippen LogP contribution in [0.3, 0.4) is 0 Å². The highest BCUT2D eigenvalue weighted by molar-refractivity contribution is 6.16. The number of hydrogen-bond donors (Lipinski definition) is 0. The Bertz CT molecular complexity index is 783. The summed E-state index contributed by atoms with van der Waals surface area (Å²) >= 11 is 5.90. The molecule has 0 aliphatic heterocycles. The van der Waals surface area contributed by atoms with Crippen LogP contribution in [0, 0.1) is 0 Å². The second kappa shape index (κ2) is 5.92. The van der Waals surface area contributed by atoms with Crippen LogP contribution in [0.4, 0.5) is 0 Å². The lowest BCUT2D eigenvalue weighted by Gasteiger charge is -2.14. The number of halogens is 1. The van der Waals surface area contributed by atoms with E-state index in [1.807, 2.05) is 19.1 Å². The SMILES string of the molecule is C=c1nc(CCl)n(-c2ccccc2OCC)c(=O)c1=C. The molecule has 0 aliphatic carbocycles. The Balaban J connectivity index is 2.83. The van der Waals surface area contributed by atoms with Crippen LogP contribution in [0.1, 0.15) is 12.7 Å². The number of benzene rings is 1. The minimum Gasteiger partial charge on any atom is -0.492 e. The van der Waals surface area contributed by atoms with Gasteiger partial charge in [0, 0.05) is 0 Å². The number of ether oxygens (including phenoxy) is 1. The van der Waals surface area contributed by atoms with Gasteiger partial charge in [-0.05, 0) is 19.1 Å². The van der Waals surface area contributed by atoms with Crippen LogP contribution in [0.5, 0.6) is 5.75 Å². The van der Waals surface area contributed by atoms with E-state index < -0.39 is 0 Å². The molecule has 0 radical (unpaired) electrons. The summed E-state index contributed by atoms with van der Waals surface area (Å²) in [4.78, 5) is 16.7. The second-order valence-corrected chi connectivity index (χ2v) is 4.40. The zero-order valence-corrected chi connectivity index (χ0v) is 12.0. The average molecular weight is 291 g/mol. The Morgan fingerprint density at radius 3 is 2.70 bits per heavy atom. The highest BCUT2D eigenvalue weighted by Gasteiger charge is 2.12. The molecule has 0 N–H and O–H groups in total. The first-order valence-corrected chi connectivity index (χ1v) is 6.71.